The average molecular weight is 375 g/mol. The van der Waals surface area contributed by atoms with Gasteiger partial charge in [-0.05, 0) is 43.6 Å². The third kappa shape index (κ3) is 5.03. The van der Waals surface area contributed by atoms with E-state index in [1.54, 1.807) is 24.3 Å². The van der Waals surface area contributed by atoms with Crippen molar-refractivity contribution in [3.05, 3.63) is 41.6 Å². The zero-order chi connectivity index (χ0) is 19.2. The Hall–Kier alpha value is -2.49. The molecule has 27 heavy (non-hydrogen) atoms. The van der Waals surface area contributed by atoms with Crippen molar-refractivity contribution >= 4 is 5.91 Å². The van der Waals surface area contributed by atoms with Gasteiger partial charge in [0.05, 0.1) is 6.61 Å². The number of nitrogens with zero attached hydrogens (tertiary/aromatic N) is 2. The molecule has 9 heteroatoms. The molecule has 1 saturated heterocycles. The van der Waals surface area contributed by atoms with Crippen molar-refractivity contribution in [3.8, 4) is 5.75 Å². The molecule has 0 bridgehead atoms. The van der Waals surface area contributed by atoms with Crippen LogP contribution in [0, 0.1) is 5.92 Å². The molecule has 6 N–H and O–H groups in total. The number of aliphatic hydroxyl groups is 1. The van der Waals surface area contributed by atoms with E-state index in [0.29, 0.717) is 6.42 Å². The number of carbonyl (C=O) groups excluding carboxylic acids is 1. The third-order valence-corrected chi connectivity index (χ3v) is 4.67. The molecule has 3 rings (SSSR count). The Bertz CT molecular complexity index is 742. The predicted octanol–water partition coefficient (Wildman–Crippen LogP) is 0.167. The number of piperidine rings is 1. The number of aromatic nitrogens is 2. The monoisotopic (exact) mass is 375 g/mol. The maximum atomic E-state index is 12.7. The molecular weight excluding hydrogens is 350 g/mol. The molecule has 0 spiro atoms. The summed E-state index contributed by atoms with van der Waals surface area (Å²) in [4.78, 5) is 12.7. The van der Waals surface area contributed by atoms with Gasteiger partial charge in [0.15, 0.2) is 0 Å². The number of aliphatic hydroxyl groups excluding tert-OH is 1. The van der Waals surface area contributed by atoms with Crippen LogP contribution < -0.4 is 16.4 Å². The predicted molar refractivity (Wildman–Crippen MR) is 96.6 cm³/mol. The van der Waals surface area contributed by atoms with Crippen LogP contribution in [0.2, 0.25) is 0 Å². The molecule has 2 aromatic rings. The topological polar surface area (TPSA) is 147 Å². The zero-order valence-electron chi connectivity index (χ0n) is 15.0. The number of hydrogen-bond acceptors (Lipinski definition) is 8. The number of phenolic OH excluding ortho intramolecular Hbond substituents is 1. The van der Waals surface area contributed by atoms with Crippen molar-refractivity contribution in [1.29, 1.82) is 0 Å². The van der Waals surface area contributed by atoms with Gasteiger partial charge in [0, 0.05) is 12.3 Å². The lowest BCUT2D eigenvalue weighted by molar-refractivity contribution is -0.126. The highest BCUT2D eigenvalue weighted by molar-refractivity contribution is 5.79. The molecule has 0 aliphatic carbocycles. The molecule has 1 aliphatic rings. The molecule has 1 fully saturated rings. The van der Waals surface area contributed by atoms with Gasteiger partial charge in [0.1, 0.15) is 17.8 Å². The Morgan fingerprint density at radius 3 is 2.59 bits per heavy atom. The van der Waals surface area contributed by atoms with Gasteiger partial charge in [-0.25, -0.2) is 0 Å². The van der Waals surface area contributed by atoms with Gasteiger partial charge in [0.2, 0.25) is 17.7 Å². The zero-order valence-corrected chi connectivity index (χ0v) is 15.0. The number of benzene rings is 1. The fourth-order valence-electron chi connectivity index (χ4n) is 3.06. The number of amides is 1. The summed E-state index contributed by atoms with van der Waals surface area (Å²) >= 11 is 0. The first-order chi connectivity index (χ1) is 13.1. The summed E-state index contributed by atoms with van der Waals surface area (Å²) in [6.45, 7) is 1.32. The summed E-state index contributed by atoms with van der Waals surface area (Å²) < 4.78 is 5.60. The second-order valence-corrected chi connectivity index (χ2v) is 6.72. The molecule has 1 amide bonds. The van der Waals surface area contributed by atoms with Crippen LogP contribution >= 0.6 is 0 Å². The quantitative estimate of drug-likeness (QED) is 0.460. The molecule has 146 valence electrons. The number of carbonyl (C=O) groups is 1. The Kier molecular flexibility index (Phi) is 6.38. The number of rotatable bonds is 7. The van der Waals surface area contributed by atoms with Crippen molar-refractivity contribution in [1.82, 2.24) is 20.8 Å². The smallest absolute Gasteiger partial charge is 0.239 e. The van der Waals surface area contributed by atoms with Crippen molar-refractivity contribution in [2.75, 3.05) is 19.7 Å². The normalized spacial score (nSPS) is 17.4. The van der Waals surface area contributed by atoms with E-state index < -0.39 is 12.1 Å². The first-order valence-electron chi connectivity index (χ1n) is 9.05. The molecular formula is C18H25N5O4. The van der Waals surface area contributed by atoms with Crippen LogP contribution in [0.15, 0.2) is 28.7 Å². The Labute approximate surface area is 157 Å². The molecule has 0 radical (unpaired) electrons. The second kappa shape index (κ2) is 8.94. The van der Waals surface area contributed by atoms with E-state index in [1.807, 2.05) is 0 Å². The fourth-order valence-corrected chi connectivity index (χ4v) is 3.06. The van der Waals surface area contributed by atoms with Crippen molar-refractivity contribution < 1.29 is 19.4 Å². The SMILES string of the molecule is N[C@@H](CO)c1nnc([C@H](Cc2ccc(O)cc2)NC(=O)C2CCNCC2)o1. The largest absolute Gasteiger partial charge is 0.508 e. The number of hydrogen-bond donors (Lipinski definition) is 5. The van der Waals surface area contributed by atoms with Crippen molar-refractivity contribution in [2.45, 2.75) is 31.3 Å². The van der Waals surface area contributed by atoms with E-state index in [4.69, 9.17) is 15.3 Å². The van der Waals surface area contributed by atoms with Crippen LogP contribution in [0.4, 0.5) is 0 Å². The van der Waals surface area contributed by atoms with Crippen LogP contribution in [-0.2, 0) is 11.2 Å². The lowest BCUT2D eigenvalue weighted by Crippen LogP contribution is -2.40. The lowest BCUT2D eigenvalue weighted by Gasteiger charge is -2.24. The summed E-state index contributed by atoms with van der Waals surface area (Å²) in [5, 5.41) is 32.8. The Morgan fingerprint density at radius 2 is 1.93 bits per heavy atom. The fraction of sp³-hybridized carbons (Fsp3) is 0.500. The van der Waals surface area contributed by atoms with Crippen molar-refractivity contribution in [3.63, 3.8) is 0 Å². The second-order valence-electron chi connectivity index (χ2n) is 6.72. The molecule has 2 heterocycles. The first-order valence-corrected chi connectivity index (χ1v) is 9.05. The van der Waals surface area contributed by atoms with Crippen molar-refractivity contribution in [2.24, 2.45) is 11.7 Å². The molecule has 1 aliphatic heterocycles. The van der Waals surface area contributed by atoms with Crippen LogP contribution in [0.1, 0.15) is 42.3 Å². The third-order valence-electron chi connectivity index (χ3n) is 4.67. The van der Waals surface area contributed by atoms with Gasteiger partial charge < -0.3 is 31.0 Å². The lowest BCUT2D eigenvalue weighted by atomic mass is 9.96. The van der Waals surface area contributed by atoms with E-state index >= 15 is 0 Å². The summed E-state index contributed by atoms with van der Waals surface area (Å²) in [6.07, 6.45) is 1.98. The molecule has 0 saturated carbocycles. The van der Waals surface area contributed by atoms with Gasteiger partial charge in [0.25, 0.3) is 0 Å². The van der Waals surface area contributed by atoms with Crippen LogP contribution in [-0.4, -0.2) is 46.0 Å². The van der Waals surface area contributed by atoms with Gasteiger partial charge in [-0.15, -0.1) is 10.2 Å². The van der Waals surface area contributed by atoms with Gasteiger partial charge >= 0.3 is 0 Å². The summed E-state index contributed by atoms with van der Waals surface area (Å²) in [5.41, 5.74) is 6.62. The molecule has 1 aromatic carbocycles. The Balaban J connectivity index is 1.78. The number of nitrogens with two attached hydrogens (primary N) is 1. The minimum absolute atomic E-state index is 0.0496. The van der Waals surface area contributed by atoms with Crippen LogP contribution in [0.25, 0.3) is 0 Å². The maximum Gasteiger partial charge on any atom is 0.239 e. The van der Waals surface area contributed by atoms with E-state index in [9.17, 15) is 9.90 Å². The number of aromatic hydroxyl groups is 1. The maximum absolute atomic E-state index is 12.7. The Morgan fingerprint density at radius 1 is 1.26 bits per heavy atom. The summed E-state index contributed by atoms with van der Waals surface area (Å²) in [5.74, 6) is 0.425. The van der Waals surface area contributed by atoms with Crippen LogP contribution in [0.5, 0.6) is 5.75 Å². The van der Waals surface area contributed by atoms with Gasteiger partial charge in [-0.2, -0.15) is 0 Å². The van der Waals surface area contributed by atoms with E-state index in [1.165, 1.54) is 0 Å². The summed E-state index contributed by atoms with van der Waals surface area (Å²) in [6, 6.07) is 5.43. The van der Waals surface area contributed by atoms with Gasteiger partial charge in [-0.3, -0.25) is 4.79 Å². The number of phenols is 1. The number of nitrogens with one attached hydrogen (secondary N) is 2. The highest BCUT2D eigenvalue weighted by Crippen LogP contribution is 2.22. The van der Waals surface area contributed by atoms with E-state index in [-0.39, 0.29) is 36.0 Å². The molecule has 2 atom stereocenters. The first kappa shape index (κ1) is 19.3. The summed E-state index contributed by atoms with van der Waals surface area (Å²) in [7, 11) is 0. The average Bonchev–Trinajstić information content (AvgIpc) is 3.19. The minimum Gasteiger partial charge on any atom is -0.508 e. The standard InChI is InChI=1S/C18H25N5O4/c19-14(10-24)17-22-23-18(27-17)15(9-11-1-3-13(25)4-2-11)21-16(26)12-5-7-20-8-6-12/h1-4,12,14-15,20,24-25H,5-10,19H2,(H,21,26)/t14-,15-/m0/s1. The van der Waals surface area contributed by atoms with E-state index in [2.05, 4.69) is 20.8 Å². The molecule has 0 unspecified atom stereocenters. The highest BCUT2D eigenvalue weighted by Gasteiger charge is 2.27. The molecule has 9 nitrogen and oxygen atoms in total. The van der Waals surface area contributed by atoms with Crippen LogP contribution in [0.3, 0.4) is 0 Å². The van der Waals surface area contributed by atoms with E-state index in [0.717, 1.165) is 31.5 Å². The minimum atomic E-state index is -0.763. The van der Waals surface area contributed by atoms with Gasteiger partial charge in [-0.1, -0.05) is 12.1 Å². The highest BCUT2D eigenvalue weighted by atomic mass is 16.4. The molecule has 1 aromatic heterocycles.